The normalized spacial score (nSPS) is 12.4. The lowest BCUT2D eigenvalue weighted by atomic mass is 9.98. The molecular weight excluding hydrogens is 371 g/mol. The average Bonchev–Trinajstić information content (AvgIpc) is 2.40. The van der Waals surface area contributed by atoms with Gasteiger partial charge in [0.25, 0.3) is 0 Å². The van der Waals surface area contributed by atoms with Gasteiger partial charge in [-0.3, -0.25) is 0 Å². The number of hydrogen-bond donors (Lipinski definition) is 1. The van der Waals surface area contributed by atoms with Crippen molar-refractivity contribution in [2.75, 3.05) is 6.54 Å². The largest absolute Gasteiger partial charge is 0.306 e. The molecule has 106 valence electrons. The molecule has 0 aliphatic heterocycles. The zero-order valence-corrected chi connectivity index (χ0v) is 13.3. The first-order valence-electron chi connectivity index (χ1n) is 6.55. The van der Waals surface area contributed by atoms with Gasteiger partial charge >= 0.3 is 0 Å². The molecule has 20 heavy (non-hydrogen) atoms. The zero-order chi connectivity index (χ0) is 14.5. The Morgan fingerprint density at radius 1 is 1.00 bits per heavy atom. The van der Waals surface area contributed by atoms with Crippen molar-refractivity contribution in [3.05, 3.63) is 68.8 Å². The van der Waals surface area contributed by atoms with Gasteiger partial charge in [-0.2, -0.15) is 0 Å². The molecule has 0 amide bonds. The number of rotatable bonds is 5. The summed E-state index contributed by atoms with van der Waals surface area (Å²) in [4.78, 5) is 0. The Morgan fingerprint density at radius 2 is 1.60 bits per heavy atom. The van der Waals surface area contributed by atoms with Gasteiger partial charge in [0, 0.05) is 9.64 Å². The van der Waals surface area contributed by atoms with Gasteiger partial charge in [-0.05, 0) is 70.9 Å². The van der Waals surface area contributed by atoms with Gasteiger partial charge in [0.05, 0.1) is 6.04 Å². The summed E-state index contributed by atoms with van der Waals surface area (Å²) in [6.45, 7) is 2.85. The van der Waals surface area contributed by atoms with E-state index in [0.29, 0.717) is 5.56 Å². The first kappa shape index (κ1) is 15.4. The molecule has 0 saturated carbocycles. The van der Waals surface area contributed by atoms with Gasteiger partial charge in [-0.1, -0.05) is 19.1 Å². The van der Waals surface area contributed by atoms with Crippen molar-refractivity contribution >= 4 is 22.6 Å². The molecule has 0 aliphatic carbocycles. The first-order chi connectivity index (χ1) is 9.60. The van der Waals surface area contributed by atoms with Crippen LogP contribution in [0.25, 0.3) is 0 Å². The maximum absolute atomic E-state index is 13.4. The topological polar surface area (TPSA) is 12.0 Å². The van der Waals surface area contributed by atoms with Crippen LogP contribution in [0.3, 0.4) is 0 Å². The van der Waals surface area contributed by atoms with Gasteiger partial charge in [0.2, 0.25) is 0 Å². The molecule has 0 bridgehead atoms. The average molecular weight is 387 g/mol. The molecule has 0 radical (unpaired) electrons. The molecule has 1 N–H and O–H groups in total. The highest BCUT2D eigenvalue weighted by atomic mass is 127. The van der Waals surface area contributed by atoms with E-state index in [9.17, 15) is 8.78 Å². The lowest BCUT2D eigenvalue weighted by molar-refractivity contribution is 0.558. The second kappa shape index (κ2) is 7.13. The lowest BCUT2D eigenvalue weighted by Gasteiger charge is -2.20. The molecular formula is C16H16F2IN. The van der Waals surface area contributed by atoms with E-state index < -0.39 is 11.6 Å². The van der Waals surface area contributed by atoms with Crippen LogP contribution in [0.5, 0.6) is 0 Å². The summed E-state index contributed by atoms with van der Waals surface area (Å²) in [6, 6.07) is 11.4. The lowest BCUT2D eigenvalue weighted by Crippen LogP contribution is -2.23. The predicted molar refractivity (Wildman–Crippen MR) is 85.7 cm³/mol. The molecule has 0 fully saturated rings. The Kier molecular flexibility index (Phi) is 5.48. The molecule has 4 heteroatoms. The third-order valence-electron chi connectivity index (χ3n) is 3.02. The Balaban J connectivity index is 2.38. The molecule has 1 atom stereocenters. The zero-order valence-electron chi connectivity index (χ0n) is 11.2. The van der Waals surface area contributed by atoms with Gasteiger partial charge < -0.3 is 5.32 Å². The van der Waals surface area contributed by atoms with Crippen molar-refractivity contribution in [1.29, 1.82) is 0 Å². The van der Waals surface area contributed by atoms with Crippen LogP contribution >= 0.6 is 22.6 Å². The second-order valence-electron chi connectivity index (χ2n) is 4.64. The number of nitrogens with one attached hydrogen (secondary N) is 1. The van der Waals surface area contributed by atoms with Gasteiger partial charge in [-0.15, -0.1) is 0 Å². The molecule has 1 nitrogen and oxygen atoms in total. The standard InChI is InChI=1S/C16H16F2IN/c1-2-7-20-16(11-3-5-15(19)6-4-11)12-8-13(17)10-14(18)9-12/h3-6,8-10,16,20H,2,7H2,1H3. The van der Waals surface area contributed by atoms with Crippen molar-refractivity contribution < 1.29 is 8.78 Å². The van der Waals surface area contributed by atoms with Crippen LogP contribution in [0.2, 0.25) is 0 Å². The summed E-state index contributed by atoms with van der Waals surface area (Å²) >= 11 is 2.23. The summed E-state index contributed by atoms with van der Waals surface area (Å²) in [5.74, 6) is -1.09. The summed E-state index contributed by atoms with van der Waals surface area (Å²) < 4.78 is 28.0. The monoisotopic (exact) mass is 387 g/mol. The number of benzene rings is 2. The van der Waals surface area contributed by atoms with E-state index in [1.54, 1.807) is 0 Å². The molecule has 1 unspecified atom stereocenters. The van der Waals surface area contributed by atoms with E-state index in [-0.39, 0.29) is 6.04 Å². The third-order valence-corrected chi connectivity index (χ3v) is 3.74. The van der Waals surface area contributed by atoms with Crippen LogP contribution in [0.4, 0.5) is 8.78 Å². The summed E-state index contributed by atoms with van der Waals surface area (Å²) in [6.07, 6.45) is 0.957. The number of halogens is 3. The molecule has 0 spiro atoms. The van der Waals surface area contributed by atoms with E-state index in [1.165, 1.54) is 12.1 Å². The fraction of sp³-hybridized carbons (Fsp3) is 0.250. The maximum atomic E-state index is 13.4. The Hall–Kier alpha value is -1.01. The summed E-state index contributed by atoms with van der Waals surface area (Å²) in [7, 11) is 0. The molecule has 0 saturated heterocycles. The van der Waals surface area contributed by atoms with Crippen molar-refractivity contribution in [2.24, 2.45) is 0 Å². The Morgan fingerprint density at radius 3 is 2.15 bits per heavy atom. The first-order valence-corrected chi connectivity index (χ1v) is 7.63. The van der Waals surface area contributed by atoms with Crippen molar-refractivity contribution in [2.45, 2.75) is 19.4 Å². The van der Waals surface area contributed by atoms with Crippen LogP contribution in [0.1, 0.15) is 30.5 Å². The summed E-state index contributed by atoms with van der Waals surface area (Å²) in [5.41, 5.74) is 1.61. The molecule has 0 heterocycles. The molecule has 2 rings (SSSR count). The van der Waals surface area contributed by atoms with E-state index in [2.05, 4.69) is 34.8 Å². The van der Waals surface area contributed by atoms with Gasteiger partial charge in [0.1, 0.15) is 11.6 Å². The molecule has 0 aromatic heterocycles. The molecule has 0 aliphatic rings. The van der Waals surface area contributed by atoms with Crippen LogP contribution in [-0.4, -0.2) is 6.54 Å². The van der Waals surface area contributed by atoms with Crippen molar-refractivity contribution in [1.82, 2.24) is 5.32 Å². The highest BCUT2D eigenvalue weighted by molar-refractivity contribution is 14.1. The summed E-state index contributed by atoms with van der Waals surface area (Å²) in [5, 5.41) is 3.34. The third kappa shape index (κ3) is 3.99. The minimum absolute atomic E-state index is 0.197. The molecule has 2 aromatic carbocycles. The SMILES string of the molecule is CCCNC(c1ccc(I)cc1)c1cc(F)cc(F)c1. The van der Waals surface area contributed by atoms with Gasteiger partial charge in [0.15, 0.2) is 0 Å². The van der Waals surface area contributed by atoms with E-state index in [4.69, 9.17) is 0 Å². The fourth-order valence-electron chi connectivity index (χ4n) is 2.11. The maximum Gasteiger partial charge on any atom is 0.126 e. The van der Waals surface area contributed by atoms with Crippen LogP contribution in [0.15, 0.2) is 42.5 Å². The fourth-order valence-corrected chi connectivity index (χ4v) is 2.47. The van der Waals surface area contributed by atoms with Crippen LogP contribution in [-0.2, 0) is 0 Å². The van der Waals surface area contributed by atoms with Crippen molar-refractivity contribution in [3.63, 3.8) is 0 Å². The minimum atomic E-state index is -0.547. The van der Waals surface area contributed by atoms with E-state index in [0.717, 1.165) is 28.2 Å². The van der Waals surface area contributed by atoms with Crippen molar-refractivity contribution in [3.8, 4) is 0 Å². The highest BCUT2D eigenvalue weighted by Gasteiger charge is 2.15. The Labute approximate surface area is 131 Å². The predicted octanol–water partition coefficient (Wildman–Crippen LogP) is 4.66. The quantitative estimate of drug-likeness (QED) is 0.737. The molecule has 2 aromatic rings. The Bertz CT molecular complexity index is 549. The van der Waals surface area contributed by atoms with E-state index in [1.807, 2.05) is 24.3 Å². The smallest absolute Gasteiger partial charge is 0.126 e. The van der Waals surface area contributed by atoms with Crippen LogP contribution in [0, 0.1) is 15.2 Å². The van der Waals surface area contributed by atoms with Gasteiger partial charge in [-0.25, -0.2) is 8.78 Å². The van der Waals surface area contributed by atoms with E-state index >= 15 is 0 Å². The minimum Gasteiger partial charge on any atom is -0.306 e. The van der Waals surface area contributed by atoms with Crippen LogP contribution < -0.4 is 5.32 Å². The highest BCUT2D eigenvalue weighted by Crippen LogP contribution is 2.24. The number of hydrogen-bond acceptors (Lipinski definition) is 1. The second-order valence-corrected chi connectivity index (χ2v) is 5.89.